The molecule has 0 aliphatic carbocycles. The number of thiophene rings is 1. The van der Waals surface area contributed by atoms with Crippen molar-refractivity contribution in [1.29, 1.82) is 0 Å². The first kappa shape index (κ1) is 17.5. The summed E-state index contributed by atoms with van der Waals surface area (Å²) in [6.45, 7) is 1.64. The van der Waals surface area contributed by atoms with Crippen molar-refractivity contribution in [3.63, 3.8) is 0 Å². The second-order valence-corrected chi connectivity index (χ2v) is 6.18. The summed E-state index contributed by atoms with van der Waals surface area (Å²) in [4.78, 5) is 11.8. The molecule has 0 fully saturated rings. The van der Waals surface area contributed by atoms with E-state index in [-0.39, 0.29) is 19.8 Å². The standard InChI is InChI=1S/C12H16N2O5S2/c1-2-19-12(16)14-21(17,18)13-9-11-10(6-8-20-11)5-3-4-7-15/h6,8,13,15H,2,4,7,9H2,1H3,(H,14,16). The Morgan fingerprint density at radius 3 is 2.95 bits per heavy atom. The number of aliphatic hydroxyl groups is 1. The molecule has 1 heterocycles. The van der Waals surface area contributed by atoms with E-state index in [1.807, 2.05) is 0 Å². The Morgan fingerprint density at radius 1 is 1.52 bits per heavy atom. The zero-order valence-corrected chi connectivity index (χ0v) is 13.0. The molecule has 0 radical (unpaired) electrons. The van der Waals surface area contributed by atoms with Crippen LogP contribution in [0.25, 0.3) is 0 Å². The van der Waals surface area contributed by atoms with Gasteiger partial charge in [-0.25, -0.2) is 9.52 Å². The Bertz CT molecular complexity index is 628. The molecule has 0 aliphatic heterocycles. The van der Waals surface area contributed by atoms with Gasteiger partial charge in [0, 0.05) is 23.4 Å². The van der Waals surface area contributed by atoms with Crippen LogP contribution in [0, 0.1) is 11.8 Å². The summed E-state index contributed by atoms with van der Waals surface area (Å²) in [5.74, 6) is 5.61. The number of ether oxygens (including phenoxy) is 1. The van der Waals surface area contributed by atoms with E-state index in [4.69, 9.17) is 5.11 Å². The molecule has 1 rings (SSSR count). The van der Waals surface area contributed by atoms with Crippen molar-refractivity contribution in [2.75, 3.05) is 13.2 Å². The molecule has 116 valence electrons. The molecule has 1 aromatic rings. The van der Waals surface area contributed by atoms with Gasteiger partial charge in [0.05, 0.1) is 13.2 Å². The lowest BCUT2D eigenvalue weighted by molar-refractivity contribution is 0.158. The highest BCUT2D eigenvalue weighted by Gasteiger charge is 2.15. The van der Waals surface area contributed by atoms with Gasteiger partial charge in [-0.15, -0.1) is 11.3 Å². The van der Waals surface area contributed by atoms with Gasteiger partial charge in [0.15, 0.2) is 0 Å². The number of hydrogen-bond acceptors (Lipinski definition) is 6. The second-order valence-electron chi connectivity index (χ2n) is 3.68. The van der Waals surface area contributed by atoms with E-state index < -0.39 is 16.3 Å². The van der Waals surface area contributed by atoms with Crippen molar-refractivity contribution in [2.24, 2.45) is 0 Å². The lowest BCUT2D eigenvalue weighted by Gasteiger charge is -2.07. The Balaban J connectivity index is 2.61. The minimum atomic E-state index is -3.98. The van der Waals surface area contributed by atoms with Gasteiger partial charge >= 0.3 is 16.3 Å². The highest BCUT2D eigenvalue weighted by atomic mass is 32.2. The van der Waals surface area contributed by atoms with E-state index in [2.05, 4.69) is 21.3 Å². The summed E-state index contributed by atoms with van der Waals surface area (Å²) in [6, 6.07) is 1.76. The van der Waals surface area contributed by atoms with E-state index in [0.29, 0.717) is 12.0 Å². The maximum atomic E-state index is 11.6. The largest absolute Gasteiger partial charge is 0.449 e. The number of nitrogens with one attached hydrogen (secondary N) is 2. The fourth-order valence-corrected chi connectivity index (χ4v) is 2.82. The zero-order valence-electron chi connectivity index (χ0n) is 11.4. The van der Waals surface area contributed by atoms with E-state index in [0.717, 1.165) is 4.88 Å². The third-order valence-electron chi connectivity index (χ3n) is 2.12. The number of aliphatic hydroxyl groups excluding tert-OH is 1. The van der Waals surface area contributed by atoms with Crippen LogP contribution in [-0.2, 0) is 21.5 Å². The smallest absolute Gasteiger partial charge is 0.421 e. The first-order valence-corrected chi connectivity index (χ1v) is 8.45. The number of amides is 1. The summed E-state index contributed by atoms with van der Waals surface area (Å²) < 4.78 is 31.6. The predicted molar refractivity (Wildman–Crippen MR) is 78.8 cm³/mol. The average molecular weight is 332 g/mol. The monoisotopic (exact) mass is 332 g/mol. The molecule has 0 saturated carbocycles. The Hall–Kier alpha value is -1.60. The number of rotatable bonds is 6. The topological polar surface area (TPSA) is 105 Å². The highest BCUT2D eigenvalue weighted by Crippen LogP contribution is 2.15. The molecule has 1 amide bonds. The molecule has 3 N–H and O–H groups in total. The number of carbonyl (C=O) groups excluding carboxylic acids is 1. The van der Waals surface area contributed by atoms with Crippen LogP contribution < -0.4 is 9.44 Å². The van der Waals surface area contributed by atoms with Gasteiger partial charge in [0.1, 0.15) is 0 Å². The van der Waals surface area contributed by atoms with Gasteiger partial charge in [-0.1, -0.05) is 11.8 Å². The van der Waals surface area contributed by atoms with E-state index >= 15 is 0 Å². The lowest BCUT2D eigenvalue weighted by atomic mass is 10.2. The number of hydrogen-bond donors (Lipinski definition) is 3. The van der Waals surface area contributed by atoms with Gasteiger partial charge in [-0.2, -0.15) is 13.1 Å². The third-order valence-corrected chi connectivity index (χ3v) is 4.00. The van der Waals surface area contributed by atoms with Gasteiger partial charge < -0.3 is 9.84 Å². The average Bonchev–Trinajstić information content (AvgIpc) is 2.84. The van der Waals surface area contributed by atoms with Crippen LogP contribution in [0.4, 0.5) is 4.79 Å². The summed E-state index contributed by atoms with van der Waals surface area (Å²) in [7, 11) is -3.98. The first-order valence-electron chi connectivity index (χ1n) is 6.08. The summed E-state index contributed by atoms with van der Waals surface area (Å²) in [5, 5.41) is 10.4. The van der Waals surface area contributed by atoms with Crippen LogP contribution in [-0.4, -0.2) is 32.8 Å². The van der Waals surface area contributed by atoms with Crippen LogP contribution in [0.15, 0.2) is 11.4 Å². The van der Waals surface area contributed by atoms with Crippen molar-refractivity contribution >= 4 is 27.6 Å². The highest BCUT2D eigenvalue weighted by molar-refractivity contribution is 7.88. The van der Waals surface area contributed by atoms with Crippen LogP contribution in [0.2, 0.25) is 0 Å². The minimum absolute atomic E-state index is 0.00947. The lowest BCUT2D eigenvalue weighted by Crippen LogP contribution is -2.40. The van der Waals surface area contributed by atoms with Crippen molar-refractivity contribution < 1.29 is 23.1 Å². The molecule has 1 aromatic heterocycles. The molecule has 9 heteroatoms. The van der Waals surface area contributed by atoms with Crippen molar-refractivity contribution in [1.82, 2.24) is 9.44 Å². The van der Waals surface area contributed by atoms with Crippen LogP contribution in [0.1, 0.15) is 23.8 Å². The Morgan fingerprint density at radius 2 is 2.29 bits per heavy atom. The Kier molecular flexibility index (Phi) is 7.18. The van der Waals surface area contributed by atoms with Gasteiger partial charge in [-0.3, -0.25) is 0 Å². The molecular weight excluding hydrogens is 316 g/mol. The van der Waals surface area contributed by atoms with Gasteiger partial charge in [0.2, 0.25) is 0 Å². The summed E-state index contributed by atoms with van der Waals surface area (Å²) in [6.07, 6.45) is -0.676. The molecule has 0 atom stereocenters. The normalized spacial score (nSPS) is 10.6. The molecule has 0 saturated heterocycles. The SMILES string of the molecule is CCOC(=O)NS(=O)(=O)NCc1sccc1C#CCCO. The molecular formula is C12H16N2O5S2. The molecule has 0 aliphatic rings. The predicted octanol–water partition coefficient (Wildman–Crippen LogP) is 0.562. The van der Waals surface area contributed by atoms with Crippen molar-refractivity contribution in [3.05, 3.63) is 21.9 Å². The van der Waals surface area contributed by atoms with E-state index in [9.17, 15) is 13.2 Å². The Labute approximate surface area is 127 Å². The van der Waals surface area contributed by atoms with E-state index in [1.54, 1.807) is 23.1 Å². The van der Waals surface area contributed by atoms with Crippen molar-refractivity contribution in [2.45, 2.75) is 19.9 Å². The maximum Gasteiger partial charge on any atom is 0.421 e. The summed E-state index contributed by atoms with van der Waals surface area (Å²) >= 11 is 1.34. The second kappa shape index (κ2) is 8.63. The molecule has 0 spiro atoms. The molecule has 7 nitrogen and oxygen atoms in total. The van der Waals surface area contributed by atoms with Crippen LogP contribution >= 0.6 is 11.3 Å². The summed E-state index contributed by atoms with van der Waals surface area (Å²) in [5.41, 5.74) is 0.687. The quantitative estimate of drug-likeness (QED) is 0.660. The number of carbonyl (C=O) groups is 1. The van der Waals surface area contributed by atoms with Gasteiger partial charge in [-0.05, 0) is 18.4 Å². The molecule has 21 heavy (non-hydrogen) atoms. The molecule has 0 unspecified atom stereocenters. The molecule has 0 bridgehead atoms. The van der Waals surface area contributed by atoms with Gasteiger partial charge in [0.25, 0.3) is 0 Å². The minimum Gasteiger partial charge on any atom is -0.449 e. The third kappa shape index (κ3) is 6.59. The zero-order chi connectivity index (χ0) is 15.7. The first-order chi connectivity index (χ1) is 9.98. The molecule has 0 aromatic carbocycles. The fourth-order valence-electron chi connectivity index (χ4n) is 1.27. The van der Waals surface area contributed by atoms with Crippen molar-refractivity contribution in [3.8, 4) is 11.8 Å². The fraction of sp³-hybridized carbons (Fsp3) is 0.417. The van der Waals surface area contributed by atoms with Crippen LogP contribution in [0.5, 0.6) is 0 Å². The van der Waals surface area contributed by atoms with Crippen LogP contribution in [0.3, 0.4) is 0 Å². The maximum absolute atomic E-state index is 11.6. The van der Waals surface area contributed by atoms with E-state index in [1.165, 1.54) is 11.3 Å².